The number of aromatic nitrogens is 2. The van der Waals surface area contributed by atoms with Crippen molar-refractivity contribution in [2.45, 2.75) is 38.3 Å². The largest absolute Gasteiger partial charge is 0.352 e. The second-order valence-electron chi connectivity index (χ2n) is 5.85. The molecule has 0 bridgehead atoms. The average molecular weight is 298 g/mol. The maximum atomic E-state index is 12.2. The quantitative estimate of drug-likeness (QED) is 0.903. The summed E-state index contributed by atoms with van der Waals surface area (Å²) in [5.74, 6) is 0.0902. The molecule has 1 aliphatic rings. The molecule has 2 aromatic rings. The number of carbonyl (C=O) groups is 1. The zero-order valence-electron chi connectivity index (χ0n) is 12.8. The number of benzene rings is 1. The van der Waals surface area contributed by atoms with Gasteiger partial charge in [-0.05, 0) is 50.1 Å². The SMILES string of the molecule is CC1NCCCC1NC(=O)Cc1ccc(-n2cccn2)cc1. The van der Waals surface area contributed by atoms with Crippen LogP contribution in [0.3, 0.4) is 0 Å². The van der Waals surface area contributed by atoms with Crippen LogP contribution in [0.1, 0.15) is 25.3 Å². The molecule has 3 rings (SSSR count). The van der Waals surface area contributed by atoms with Crippen molar-refractivity contribution in [3.63, 3.8) is 0 Å². The number of rotatable bonds is 4. The second-order valence-corrected chi connectivity index (χ2v) is 5.85. The third kappa shape index (κ3) is 3.54. The first-order valence-corrected chi connectivity index (χ1v) is 7.84. The number of carbonyl (C=O) groups excluding carboxylic acids is 1. The summed E-state index contributed by atoms with van der Waals surface area (Å²) in [6.07, 6.45) is 6.24. The van der Waals surface area contributed by atoms with E-state index in [-0.39, 0.29) is 11.9 Å². The molecule has 2 atom stereocenters. The summed E-state index contributed by atoms with van der Waals surface area (Å²) in [7, 11) is 0. The lowest BCUT2D eigenvalue weighted by atomic mass is 9.99. The smallest absolute Gasteiger partial charge is 0.224 e. The average Bonchev–Trinajstić information content (AvgIpc) is 3.05. The molecule has 2 N–H and O–H groups in total. The monoisotopic (exact) mass is 298 g/mol. The molecule has 1 aromatic carbocycles. The molecule has 1 aromatic heterocycles. The molecule has 22 heavy (non-hydrogen) atoms. The fourth-order valence-electron chi connectivity index (χ4n) is 2.87. The van der Waals surface area contributed by atoms with Gasteiger partial charge in [-0.1, -0.05) is 12.1 Å². The van der Waals surface area contributed by atoms with E-state index in [1.54, 1.807) is 10.9 Å². The Morgan fingerprint density at radius 1 is 1.41 bits per heavy atom. The first-order chi connectivity index (χ1) is 10.7. The number of piperidine rings is 1. The second kappa shape index (κ2) is 6.75. The predicted molar refractivity (Wildman–Crippen MR) is 85.9 cm³/mol. The highest BCUT2D eigenvalue weighted by atomic mass is 16.1. The number of hydrogen-bond donors (Lipinski definition) is 2. The minimum atomic E-state index is 0.0902. The molecule has 0 radical (unpaired) electrons. The van der Waals surface area contributed by atoms with Crippen molar-refractivity contribution in [2.24, 2.45) is 0 Å². The highest BCUT2D eigenvalue weighted by molar-refractivity contribution is 5.79. The Hall–Kier alpha value is -2.14. The standard InChI is InChI=1S/C17H22N4O/c1-13-16(4-2-9-18-13)20-17(22)12-14-5-7-15(8-6-14)21-11-3-10-19-21/h3,5-8,10-11,13,16,18H,2,4,9,12H2,1H3,(H,20,22). The highest BCUT2D eigenvalue weighted by Crippen LogP contribution is 2.11. The molecule has 0 aliphatic carbocycles. The van der Waals surface area contributed by atoms with Crippen molar-refractivity contribution in [3.8, 4) is 5.69 Å². The van der Waals surface area contributed by atoms with Gasteiger partial charge in [0.05, 0.1) is 12.1 Å². The predicted octanol–water partition coefficient (Wildman–Crippen LogP) is 1.67. The molecule has 1 fully saturated rings. The Bertz CT molecular complexity index is 606. The zero-order valence-corrected chi connectivity index (χ0v) is 12.8. The van der Waals surface area contributed by atoms with Crippen LogP contribution in [0.5, 0.6) is 0 Å². The molecule has 2 heterocycles. The van der Waals surface area contributed by atoms with E-state index in [9.17, 15) is 4.79 Å². The Balaban J connectivity index is 1.57. The number of nitrogens with zero attached hydrogens (tertiary/aromatic N) is 2. The van der Waals surface area contributed by atoms with Gasteiger partial charge in [-0.3, -0.25) is 4.79 Å². The van der Waals surface area contributed by atoms with Crippen molar-refractivity contribution in [3.05, 3.63) is 48.3 Å². The van der Waals surface area contributed by atoms with Gasteiger partial charge in [0.2, 0.25) is 5.91 Å². The lowest BCUT2D eigenvalue weighted by molar-refractivity contribution is -0.121. The Labute approximate surface area is 130 Å². The fraction of sp³-hybridized carbons (Fsp3) is 0.412. The van der Waals surface area contributed by atoms with E-state index in [1.807, 2.05) is 36.5 Å². The molecule has 116 valence electrons. The van der Waals surface area contributed by atoms with Gasteiger partial charge in [0, 0.05) is 24.5 Å². The lowest BCUT2D eigenvalue weighted by Gasteiger charge is -2.30. The third-order valence-electron chi connectivity index (χ3n) is 4.18. The summed E-state index contributed by atoms with van der Waals surface area (Å²) in [6.45, 7) is 3.17. The first-order valence-electron chi connectivity index (χ1n) is 7.84. The number of amides is 1. The van der Waals surface area contributed by atoms with E-state index < -0.39 is 0 Å². The van der Waals surface area contributed by atoms with Gasteiger partial charge in [0.1, 0.15) is 0 Å². The van der Waals surface area contributed by atoms with Gasteiger partial charge in [-0.2, -0.15) is 5.10 Å². The van der Waals surface area contributed by atoms with E-state index in [2.05, 4.69) is 22.7 Å². The first kappa shape index (κ1) is 14.8. The number of hydrogen-bond acceptors (Lipinski definition) is 3. The minimum absolute atomic E-state index is 0.0902. The molecule has 1 aliphatic heterocycles. The molecule has 5 heteroatoms. The minimum Gasteiger partial charge on any atom is -0.352 e. The van der Waals surface area contributed by atoms with Crippen molar-refractivity contribution in [1.82, 2.24) is 20.4 Å². The Kier molecular flexibility index (Phi) is 4.53. The fourth-order valence-corrected chi connectivity index (χ4v) is 2.87. The molecule has 5 nitrogen and oxygen atoms in total. The summed E-state index contributed by atoms with van der Waals surface area (Å²) in [6, 6.07) is 10.4. The highest BCUT2D eigenvalue weighted by Gasteiger charge is 2.22. The van der Waals surface area contributed by atoms with Gasteiger partial charge in [0.15, 0.2) is 0 Å². The summed E-state index contributed by atoms with van der Waals surface area (Å²) >= 11 is 0. The molecule has 0 saturated carbocycles. The Morgan fingerprint density at radius 2 is 2.23 bits per heavy atom. The zero-order chi connectivity index (χ0) is 15.4. The van der Waals surface area contributed by atoms with Crippen LogP contribution in [0.25, 0.3) is 5.69 Å². The van der Waals surface area contributed by atoms with Crippen LogP contribution in [0.2, 0.25) is 0 Å². The summed E-state index contributed by atoms with van der Waals surface area (Å²) in [5, 5.41) is 10.7. The van der Waals surface area contributed by atoms with Crippen molar-refractivity contribution in [2.75, 3.05) is 6.54 Å². The molecule has 1 saturated heterocycles. The van der Waals surface area contributed by atoms with Gasteiger partial charge in [-0.25, -0.2) is 4.68 Å². The van der Waals surface area contributed by atoms with E-state index in [4.69, 9.17) is 0 Å². The van der Waals surface area contributed by atoms with E-state index in [0.717, 1.165) is 30.6 Å². The maximum Gasteiger partial charge on any atom is 0.224 e. The van der Waals surface area contributed by atoms with Crippen LogP contribution in [0, 0.1) is 0 Å². The van der Waals surface area contributed by atoms with Gasteiger partial charge in [-0.15, -0.1) is 0 Å². The van der Waals surface area contributed by atoms with E-state index >= 15 is 0 Å². The van der Waals surface area contributed by atoms with E-state index in [1.165, 1.54) is 0 Å². The van der Waals surface area contributed by atoms with Gasteiger partial charge >= 0.3 is 0 Å². The summed E-state index contributed by atoms with van der Waals surface area (Å²) in [4.78, 5) is 12.2. The molecule has 0 spiro atoms. The summed E-state index contributed by atoms with van der Waals surface area (Å²) < 4.78 is 1.80. The van der Waals surface area contributed by atoms with E-state index in [0.29, 0.717) is 12.5 Å². The van der Waals surface area contributed by atoms with Crippen LogP contribution in [0.4, 0.5) is 0 Å². The lowest BCUT2D eigenvalue weighted by Crippen LogP contribution is -2.52. The molecule has 2 unspecified atom stereocenters. The van der Waals surface area contributed by atoms with Crippen LogP contribution in [-0.2, 0) is 11.2 Å². The third-order valence-corrected chi connectivity index (χ3v) is 4.18. The van der Waals surface area contributed by atoms with Gasteiger partial charge < -0.3 is 10.6 Å². The maximum absolute atomic E-state index is 12.2. The molecule has 1 amide bonds. The number of nitrogens with one attached hydrogen (secondary N) is 2. The summed E-state index contributed by atoms with van der Waals surface area (Å²) in [5.41, 5.74) is 2.02. The van der Waals surface area contributed by atoms with Crippen molar-refractivity contribution in [1.29, 1.82) is 0 Å². The topological polar surface area (TPSA) is 58.9 Å². The van der Waals surface area contributed by atoms with Crippen LogP contribution in [-0.4, -0.2) is 34.3 Å². The van der Waals surface area contributed by atoms with Crippen LogP contribution >= 0.6 is 0 Å². The van der Waals surface area contributed by atoms with Crippen molar-refractivity contribution >= 4 is 5.91 Å². The van der Waals surface area contributed by atoms with Crippen LogP contribution in [0.15, 0.2) is 42.7 Å². The Morgan fingerprint density at radius 3 is 2.91 bits per heavy atom. The normalized spacial score (nSPS) is 21.5. The van der Waals surface area contributed by atoms with Crippen LogP contribution < -0.4 is 10.6 Å². The van der Waals surface area contributed by atoms with Crippen molar-refractivity contribution < 1.29 is 4.79 Å². The molecular formula is C17H22N4O. The molecular weight excluding hydrogens is 276 g/mol. The van der Waals surface area contributed by atoms with Gasteiger partial charge in [0.25, 0.3) is 0 Å².